The van der Waals surface area contributed by atoms with E-state index in [1.54, 1.807) is 6.07 Å². The first-order chi connectivity index (χ1) is 10.1. The van der Waals surface area contributed by atoms with Crippen molar-refractivity contribution in [2.24, 2.45) is 17.6 Å². The van der Waals surface area contributed by atoms with Gasteiger partial charge in [0.05, 0.1) is 12.0 Å². The Morgan fingerprint density at radius 2 is 2.19 bits per heavy atom. The van der Waals surface area contributed by atoms with Crippen molar-refractivity contribution in [3.63, 3.8) is 0 Å². The molecule has 0 bridgehead atoms. The largest absolute Gasteiger partial charge is 0.490 e. The topological polar surface area (TPSA) is 81.6 Å². The minimum atomic E-state index is -0.351. The SMILES string of the molecule is COc1cccc(N2CC3CCCC(N)C3C2)c1[N+](=O)[O-]. The van der Waals surface area contributed by atoms with Crippen molar-refractivity contribution in [2.45, 2.75) is 25.3 Å². The lowest BCUT2D eigenvalue weighted by Gasteiger charge is -2.29. The van der Waals surface area contributed by atoms with Gasteiger partial charge in [0.15, 0.2) is 5.75 Å². The first kappa shape index (κ1) is 14.1. The number of nitrogens with zero attached hydrogens (tertiary/aromatic N) is 2. The summed E-state index contributed by atoms with van der Waals surface area (Å²) < 4.78 is 5.15. The molecule has 0 amide bonds. The Balaban J connectivity index is 1.93. The second kappa shape index (κ2) is 5.52. The molecule has 3 unspecified atom stereocenters. The number of methoxy groups -OCH3 is 1. The van der Waals surface area contributed by atoms with Crippen LogP contribution in [-0.4, -0.2) is 31.2 Å². The minimum Gasteiger partial charge on any atom is -0.490 e. The highest BCUT2D eigenvalue weighted by Gasteiger charge is 2.40. The van der Waals surface area contributed by atoms with Gasteiger partial charge in [0.25, 0.3) is 0 Å². The molecule has 6 heteroatoms. The minimum absolute atomic E-state index is 0.0622. The number of hydrogen-bond donors (Lipinski definition) is 1. The summed E-state index contributed by atoms with van der Waals surface area (Å²) in [5.74, 6) is 1.32. The summed E-state index contributed by atoms with van der Waals surface area (Å²) >= 11 is 0. The van der Waals surface area contributed by atoms with Crippen molar-refractivity contribution in [1.29, 1.82) is 0 Å². The fourth-order valence-corrected chi connectivity index (χ4v) is 3.83. The molecule has 0 aromatic heterocycles. The molecule has 3 atom stereocenters. The lowest BCUT2D eigenvalue weighted by Crippen LogP contribution is -2.38. The molecule has 1 saturated carbocycles. The van der Waals surface area contributed by atoms with Crippen molar-refractivity contribution in [2.75, 3.05) is 25.1 Å². The van der Waals surface area contributed by atoms with Crippen LogP contribution in [0, 0.1) is 22.0 Å². The molecule has 1 aromatic carbocycles. The van der Waals surface area contributed by atoms with E-state index in [2.05, 4.69) is 4.90 Å². The molecule has 1 aliphatic carbocycles. The number of benzene rings is 1. The van der Waals surface area contributed by atoms with E-state index >= 15 is 0 Å². The molecule has 0 radical (unpaired) electrons. The Hall–Kier alpha value is -1.82. The van der Waals surface area contributed by atoms with Gasteiger partial charge in [-0.25, -0.2) is 0 Å². The van der Waals surface area contributed by atoms with E-state index in [0.717, 1.165) is 25.9 Å². The van der Waals surface area contributed by atoms with Crippen LogP contribution < -0.4 is 15.4 Å². The molecule has 1 heterocycles. The zero-order chi connectivity index (χ0) is 15.0. The quantitative estimate of drug-likeness (QED) is 0.681. The summed E-state index contributed by atoms with van der Waals surface area (Å²) in [4.78, 5) is 13.2. The molecule has 6 nitrogen and oxygen atoms in total. The molecule has 1 aliphatic heterocycles. The van der Waals surface area contributed by atoms with Crippen molar-refractivity contribution in [1.82, 2.24) is 0 Å². The third-order valence-corrected chi connectivity index (χ3v) is 4.87. The second-order valence-corrected chi connectivity index (χ2v) is 6.01. The summed E-state index contributed by atoms with van der Waals surface area (Å²) in [6.45, 7) is 1.66. The Labute approximate surface area is 124 Å². The number of nitro groups is 1. The van der Waals surface area contributed by atoms with Crippen molar-refractivity contribution < 1.29 is 9.66 Å². The smallest absolute Gasteiger partial charge is 0.333 e. The number of nitrogens with two attached hydrogens (primary N) is 1. The van der Waals surface area contributed by atoms with Crippen molar-refractivity contribution in [3.8, 4) is 5.75 Å². The van der Waals surface area contributed by atoms with Crippen molar-refractivity contribution >= 4 is 11.4 Å². The second-order valence-electron chi connectivity index (χ2n) is 6.01. The fourth-order valence-electron chi connectivity index (χ4n) is 3.83. The highest BCUT2D eigenvalue weighted by atomic mass is 16.6. The van der Waals surface area contributed by atoms with Gasteiger partial charge in [0.2, 0.25) is 0 Å². The first-order valence-electron chi connectivity index (χ1n) is 7.43. The Kier molecular flexibility index (Phi) is 3.71. The standard InChI is InChI=1S/C15H21N3O3/c1-21-14-7-3-6-13(15(14)18(19)20)17-8-10-4-2-5-12(16)11(10)9-17/h3,6-7,10-12H,2,4-5,8-9,16H2,1H3. The van der Waals surface area contributed by atoms with Gasteiger partial charge in [-0.05, 0) is 36.8 Å². The predicted octanol–water partition coefficient (Wildman–Crippen LogP) is 2.17. The van der Waals surface area contributed by atoms with Gasteiger partial charge in [0.1, 0.15) is 5.69 Å². The van der Waals surface area contributed by atoms with E-state index in [4.69, 9.17) is 10.5 Å². The summed E-state index contributed by atoms with van der Waals surface area (Å²) in [5.41, 5.74) is 6.94. The molecule has 114 valence electrons. The van der Waals surface area contributed by atoms with Crippen LogP contribution in [0.25, 0.3) is 0 Å². The van der Waals surface area contributed by atoms with E-state index in [1.807, 2.05) is 12.1 Å². The zero-order valence-corrected chi connectivity index (χ0v) is 12.2. The number of para-hydroxylation sites is 1. The molecular weight excluding hydrogens is 270 g/mol. The normalized spacial score (nSPS) is 28.3. The molecule has 2 aliphatic rings. The maximum Gasteiger partial charge on any atom is 0.333 e. The molecule has 21 heavy (non-hydrogen) atoms. The van der Waals surface area contributed by atoms with Gasteiger partial charge in [-0.2, -0.15) is 0 Å². The molecule has 2 fully saturated rings. The van der Waals surface area contributed by atoms with Gasteiger partial charge in [-0.1, -0.05) is 12.5 Å². The lowest BCUT2D eigenvalue weighted by atomic mass is 9.78. The monoisotopic (exact) mass is 291 g/mol. The number of hydrogen-bond acceptors (Lipinski definition) is 5. The van der Waals surface area contributed by atoms with Crippen LogP contribution in [0.4, 0.5) is 11.4 Å². The summed E-state index contributed by atoms with van der Waals surface area (Å²) in [6, 6.07) is 5.47. The predicted molar refractivity (Wildman–Crippen MR) is 80.7 cm³/mol. The van der Waals surface area contributed by atoms with Crippen LogP contribution in [-0.2, 0) is 0 Å². The third-order valence-electron chi connectivity index (χ3n) is 4.87. The van der Waals surface area contributed by atoms with Gasteiger partial charge in [-0.15, -0.1) is 0 Å². The van der Waals surface area contributed by atoms with E-state index in [0.29, 0.717) is 23.3 Å². The molecule has 3 rings (SSSR count). The number of fused-ring (bicyclic) bond motifs is 1. The Morgan fingerprint density at radius 3 is 2.86 bits per heavy atom. The van der Waals surface area contributed by atoms with Crippen LogP contribution in [0.1, 0.15) is 19.3 Å². The van der Waals surface area contributed by atoms with E-state index in [-0.39, 0.29) is 16.7 Å². The van der Waals surface area contributed by atoms with Crippen LogP contribution in [0.5, 0.6) is 5.75 Å². The van der Waals surface area contributed by atoms with Crippen molar-refractivity contribution in [3.05, 3.63) is 28.3 Å². The summed E-state index contributed by atoms with van der Waals surface area (Å²) in [5, 5.41) is 11.4. The zero-order valence-electron chi connectivity index (χ0n) is 12.2. The molecule has 2 N–H and O–H groups in total. The molecular formula is C15H21N3O3. The van der Waals surface area contributed by atoms with Gasteiger partial charge < -0.3 is 15.4 Å². The molecule has 1 aromatic rings. The number of ether oxygens (including phenoxy) is 1. The van der Waals surface area contributed by atoms with Gasteiger partial charge in [-0.3, -0.25) is 10.1 Å². The molecule has 0 spiro atoms. The van der Waals surface area contributed by atoms with Crippen LogP contribution in [0.15, 0.2) is 18.2 Å². The number of nitro benzene ring substituents is 1. The average molecular weight is 291 g/mol. The first-order valence-corrected chi connectivity index (χ1v) is 7.43. The third kappa shape index (κ3) is 2.44. The summed E-state index contributed by atoms with van der Waals surface area (Å²) in [6.07, 6.45) is 3.40. The maximum absolute atomic E-state index is 11.4. The van der Waals surface area contributed by atoms with Gasteiger partial charge >= 0.3 is 5.69 Å². The number of anilines is 1. The Morgan fingerprint density at radius 1 is 1.38 bits per heavy atom. The van der Waals surface area contributed by atoms with Crippen LogP contribution in [0.3, 0.4) is 0 Å². The van der Waals surface area contributed by atoms with Gasteiger partial charge in [0, 0.05) is 19.1 Å². The van der Waals surface area contributed by atoms with E-state index < -0.39 is 0 Å². The fraction of sp³-hybridized carbons (Fsp3) is 0.600. The lowest BCUT2D eigenvalue weighted by molar-refractivity contribution is -0.385. The maximum atomic E-state index is 11.4. The highest BCUT2D eigenvalue weighted by Crippen LogP contribution is 2.43. The average Bonchev–Trinajstić information content (AvgIpc) is 2.91. The van der Waals surface area contributed by atoms with Crippen LogP contribution >= 0.6 is 0 Å². The Bertz CT molecular complexity index is 549. The highest BCUT2D eigenvalue weighted by molar-refractivity contribution is 5.70. The van der Waals surface area contributed by atoms with Crippen LogP contribution in [0.2, 0.25) is 0 Å². The number of rotatable bonds is 3. The van der Waals surface area contributed by atoms with E-state index in [9.17, 15) is 10.1 Å². The molecule has 1 saturated heterocycles. The summed E-state index contributed by atoms with van der Waals surface area (Å²) in [7, 11) is 1.46. The van der Waals surface area contributed by atoms with E-state index in [1.165, 1.54) is 13.5 Å².